The van der Waals surface area contributed by atoms with Crippen molar-refractivity contribution >= 4 is 27.8 Å². The SMILES string of the molecule is O=C(CCCCCN1CCC(N2CCCCC2)CC1)Nc1ccc(-c2ccc(C3=CCNCC3)cc2)s1. The third-order valence-electron chi connectivity index (χ3n) is 8.32. The van der Waals surface area contributed by atoms with Gasteiger partial charge < -0.3 is 20.4 Å². The fourth-order valence-electron chi connectivity index (χ4n) is 6.08. The number of carbonyl (C=O) groups excluding carboxylic acids is 1. The molecule has 3 aliphatic rings. The average molecular weight is 521 g/mol. The Bertz CT molecular complexity index is 1020. The van der Waals surface area contributed by atoms with Crippen LogP contribution in [0.2, 0.25) is 0 Å². The quantitative estimate of drug-likeness (QED) is 0.364. The van der Waals surface area contributed by atoms with Crippen LogP contribution < -0.4 is 10.6 Å². The molecule has 4 heterocycles. The van der Waals surface area contributed by atoms with Crippen molar-refractivity contribution in [2.45, 2.75) is 70.3 Å². The number of amides is 1. The fraction of sp³-hybridized carbons (Fsp3) is 0.581. The minimum atomic E-state index is 0.143. The van der Waals surface area contributed by atoms with Gasteiger partial charge in [0.2, 0.25) is 5.91 Å². The topological polar surface area (TPSA) is 47.6 Å². The molecule has 0 aliphatic carbocycles. The van der Waals surface area contributed by atoms with E-state index in [-0.39, 0.29) is 5.91 Å². The van der Waals surface area contributed by atoms with Crippen molar-refractivity contribution in [1.29, 1.82) is 0 Å². The summed E-state index contributed by atoms with van der Waals surface area (Å²) >= 11 is 1.66. The molecule has 37 heavy (non-hydrogen) atoms. The molecule has 0 spiro atoms. The molecule has 5 rings (SSSR count). The lowest BCUT2D eigenvalue weighted by molar-refractivity contribution is -0.116. The number of nitrogens with one attached hydrogen (secondary N) is 2. The Morgan fingerprint density at radius 2 is 1.70 bits per heavy atom. The van der Waals surface area contributed by atoms with Gasteiger partial charge in [0.05, 0.1) is 5.00 Å². The van der Waals surface area contributed by atoms with Gasteiger partial charge in [0.25, 0.3) is 0 Å². The van der Waals surface area contributed by atoms with Gasteiger partial charge in [-0.2, -0.15) is 0 Å². The Balaban J connectivity index is 0.968. The van der Waals surface area contributed by atoms with Gasteiger partial charge in [0.1, 0.15) is 0 Å². The number of benzene rings is 1. The maximum atomic E-state index is 12.5. The molecule has 0 bridgehead atoms. The van der Waals surface area contributed by atoms with E-state index in [1.54, 1.807) is 11.3 Å². The highest BCUT2D eigenvalue weighted by Crippen LogP contribution is 2.32. The standard InChI is InChI=1S/C31H44N4OS/c36-30(7-3-1-4-20-34-23-16-28(17-24-34)35-21-5-2-6-22-35)33-31-13-12-29(37-31)27-10-8-25(9-11-27)26-14-18-32-19-15-26/h8-14,28,32H,1-7,15-24H2,(H,33,36). The number of likely N-dealkylation sites (tertiary alicyclic amines) is 2. The zero-order valence-electron chi connectivity index (χ0n) is 22.4. The van der Waals surface area contributed by atoms with Gasteiger partial charge in [-0.05, 0) is 113 Å². The van der Waals surface area contributed by atoms with Gasteiger partial charge in [-0.15, -0.1) is 11.3 Å². The van der Waals surface area contributed by atoms with Crippen LogP contribution in [0.15, 0.2) is 42.5 Å². The third kappa shape index (κ3) is 7.76. The molecule has 2 N–H and O–H groups in total. The molecule has 2 aromatic rings. The van der Waals surface area contributed by atoms with Gasteiger partial charge in [0.15, 0.2) is 0 Å². The first-order chi connectivity index (χ1) is 18.2. The second-order valence-electron chi connectivity index (χ2n) is 11.0. The zero-order chi connectivity index (χ0) is 25.3. The van der Waals surface area contributed by atoms with Crippen LogP contribution in [0.3, 0.4) is 0 Å². The molecule has 200 valence electrons. The van der Waals surface area contributed by atoms with Crippen LogP contribution in [0.1, 0.15) is 69.8 Å². The maximum absolute atomic E-state index is 12.5. The number of hydrogen-bond donors (Lipinski definition) is 2. The van der Waals surface area contributed by atoms with E-state index in [2.05, 4.69) is 56.8 Å². The van der Waals surface area contributed by atoms with Crippen molar-refractivity contribution < 1.29 is 4.79 Å². The Morgan fingerprint density at radius 1 is 0.919 bits per heavy atom. The van der Waals surface area contributed by atoms with Crippen molar-refractivity contribution in [3.8, 4) is 10.4 Å². The minimum Gasteiger partial charge on any atom is -0.318 e. The molecule has 0 atom stereocenters. The molecule has 2 fully saturated rings. The van der Waals surface area contributed by atoms with Gasteiger partial charge in [0, 0.05) is 23.9 Å². The van der Waals surface area contributed by atoms with Crippen molar-refractivity contribution in [3.05, 3.63) is 48.0 Å². The molecular weight excluding hydrogens is 476 g/mol. The number of thiophene rings is 1. The average Bonchev–Trinajstić information content (AvgIpc) is 3.42. The van der Waals surface area contributed by atoms with E-state index in [0.29, 0.717) is 6.42 Å². The van der Waals surface area contributed by atoms with Crippen LogP contribution in [0.4, 0.5) is 5.00 Å². The monoisotopic (exact) mass is 520 g/mol. The summed E-state index contributed by atoms with van der Waals surface area (Å²) in [6.07, 6.45) is 14.2. The first-order valence-electron chi connectivity index (χ1n) is 14.6. The largest absolute Gasteiger partial charge is 0.318 e. The predicted octanol–water partition coefficient (Wildman–Crippen LogP) is 6.24. The highest BCUT2D eigenvalue weighted by molar-refractivity contribution is 7.19. The summed E-state index contributed by atoms with van der Waals surface area (Å²) in [6.45, 7) is 8.35. The second kappa shape index (κ2) is 13.7. The number of rotatable bonds is 10. The molecule has 0 unspecified atom stereocenters. The molecule has 0 radical (unpaired) electrons. The van der Waals surface area contributed by atoms with Crippen molar-refractivity contribution in [3.63, 3.8) is 0 Å². The molecule has 1 aromatic heterocycles. The second-order valence-corrected chi connectivity index (χ2v) is 12.0. The number of nitrogens with zero attached hydrogens (tertiary/aromatic N) is 2. The highest BCUT2D eigenvalue weighted by Gasteiger charge is 2.25. The molecule has 1 amide bonds. The lowest BCUT2D eigenvalue weighted by Crippen LogP contribution is -2.46. The predicted molar refractivity (Wildman–Crippen MR) is 157 cm³/mol. The molecular formula is C31H44N4OS. The van der Waals surface area contributed by atoms with Crippen LogP contribution in [0.5, 0.6) is 0 Å². The normalized spacial score (nSPS) is 20.1. The zero-order valence-corrected chi connectivity index (χ0v) is 23.2. The number of piperidine rings is 2. The van der Waals surface area contributed by atoms with Gasteiger partial charge >= 0.3 is 0 Å². The lowest BCUT2D eigenvalue weighted by atomic mass is 9.99. The van der Waals surface area contributed by atoms with Crippen molar-refractivity contribution in [2.24, 2.45) is 0 Å². The number of anilines is 1. The van der Waals surface area contributed by atoms with E-state index in [1.807, 2.05) is 6.07 Å². The summed E-state index contributed by atoms with van der Waals surface area (Å²) in [5.74, 6) is 0.143. The van der Waals surface area contributed by atoms with Crippen molar-refractivity contribution in [2.75, 3.05) is 51.1 Å². The first kappa shape index (κ1) is 26.6. The Kier molecular flexibility index (Phi) is 9.85. The summed E-state index contributed by atoms with van der Waals surface area (Å²) < 4.78 is 0. The Labute approximate surface area is 227 Å². The number of carbonyl (C=O) groups is 1. The summed E-state index contributed by atoms with van der Waals surface area (Å²) in [5, 5.41) is 7.44. The summed E-state index contributed by atoms with van der Waals surface area (Å²) in [6, 6.07) is 13.8. The van der Waals surface area contributed by atoms with E-state index in [0.717, 1.165) is 43.4 Å². The molecule has 1 aromatic carbocycles. The number of unbranched alkanes of at least 4 members (excludes halogenated alkanes) is 2. The van der Waals surface area contributed by atoms with Crippen LogP contribution in [-0.2, 0) is 4.79 Å². The van der Waals surface area contributed by atoms with Gasteiger partial charge in [-0.3, -0.25) is 4.79 Å². The Morgan fingerprint density at radius 3 is 2.46 bits per heavy atom. The Hall–Kier alpha value is -1.99. The molecule has 5 nitrogen and oxygen atoms in total. The third-order valence-corrected chi connectivity index (χ3v) is 9.36. The van der Waals surface area contributed by atoms with E-state index < -0.39 is 0 Å². The number of hydrogen-bond acceptors (Lipinski definition) is 5. The van der Waals surface area contributed by atoms with Crippen LogP contribution in [-0.4, -0.2) is 67.6 Å². The summed E-state index contributed by atoms with van der Waals surface area (Å²) in [4.78, 5) is 19.1. The first-order valence-corrected chi connectivity index (χ1v) is 15.4. The van der Waals surface area contributed by atoms with Crippen LogP contribution >= 0.6 is 11.3 Å². The molecule has 3 aliphatic heterocycles. The molecule has 6 heteroatoms. The van der Waals surface area contributed by atoms with E-state index >= 15 is 0 Å². The summed E-state index contributed by atoms with van der Waals surface area (Å²) in [7, 11) is 0. The summed E-state index contributed by atoms with van der Waals surface area (Å²) in [5.41, 5.74) is 3.96. The fourth-order valence-corrected chi connectivity index (χ4v) is 7.01. The smallest absolute Gasteiger partial charge is 0.224 e. The minimum absolute atomic E-state index is 0.143. The van der Waals surface area contributed by atoms with E-state index in [1.165, 1.54) is 92.8 Å². The van der Waals surface area contributed by atoms with Crippen molar-refractivity contribution in [1.82, 2.24) is 15.1 Å². The lowest BCUT2D eigenvalue weighted by Gasteiger charge is -2.40. The highest BCUT2D eigenvalue weighted by atomic mass is 32.1. The molecule has 0 saturated carbocycles. The van der Waals surface area contributed by atoms with Gasteiger partial charge in [-0.1, -0.05) is 43.2 Å². The van der Waals surface area contributed by atoms with Crippen LogP contribution in [0.25, 0.3) is 16.0 Å². The van der Waals surface area contributed by atoms with E-state index in [9.17, 15) is 4.79 Å². The van der Waals surface area contributed by atoms with Gasteiger partial charge in [-0.25, -0.2) is 0 Å². The maximum Gasteiger partial charge on any atom is 0.224 e. The molecule has 2 saturated heterocycles. The van der Waals surface area contributed by atoms with Crippen LogP contribution in [0, 0.1) is 0 Å². The van der Waals surface area contributed by atoms with E-state index in [4.69, 9.17) is 0 Å².